The van der Waals surface area contributed by atoms with Gasteiger partial charge in [-0.25, -0.2) is 0 Å². The molecule has 1 aromatic heterocycles. The average Bonchev–Trinajstić information content (AvgIpc) is 3.03. The lowest BCUT2D eigenvalue weighted by atomic mass is 10.1. The van der Waals surface area contributed by atoms with Crippen LogP contribution in [0.4, 0.5) is 0 Å². The van der Waals surface area contributed by atoms with Crippen LogP contribution in [-0.2, 0) is 13.6 Å². The predicted molar refractivity (Wildman–Crippen MR) is 81.7 cm³/mol. The van der Waals surface area contributed by atoms with Gasteiger partial charge in [0.1, 0.15) is 0 Å². The van der Waals surface area contributed by atoms with Crippen LogP contribution in [0.3, 0.4) is 0 Å². The van der Waals surface area contributed by atoms with Gasteiger partial charge in [-0.2, -0.15) is 5.10 Å². The number of nitrogens with zero attached hydrogens (tertiary/aromatic N) is 3. The van der Waals surface area contributed by atoms with Gasteiger partial charge in [0.2, 0.25) is 0 Å². The Labute approximate surface area is 122 Å². The van der Waals surface area contributed by atoms with E-state index >= 15 is 0 Å². The van der Waals surface area contributed by atoms with Crippen molar-refractivity contribution in [2.24, 2.45) is 13.0 Å². The van der Waals surface area contributed by atoms with E-state index in [0.717, 1.165) is 25.0 Å². The molecule has 1 aliphatic carbocycles. The van der Waals surface area contributed by atoms with Gasteiger partial charge in [-0.1, -0.05) is 13.8 Å². The number of likely N-dealkylation sites (tertiary alicyclic amines) is 1. The zero-order valence-corrected chi connectivity index (χ0v) is 13.1. The first-order chi connectivity index (χ1) is 9.63. The first-order valence-corrected chi connectivity index (χ1v) is 8.10. The Kier molecular flexibility index (Phi) is 4.13. The molecule has 1 aliphatic heterocycles. The SMILES string of the molecule is CC(C)c1nn(C)cc1CNCC1CCN(C2CC2)C1. The lowest BCUT2D eigenvalue weighted by molar-refractivity contribution is 0.312. The minimum Gasteiger partial charge on any atom is -0.312 e. The fourth-order valence-corrected chi connectivity index (χ4v) is 3.39. The van der Waals surface area contributed by atoms with Crippen molar-refractivity contribution in [1.82, 2.24) is 20.0 Å². The molecule has 1 atom stereocenters. The Morgan fingerprint density at radius 3 is 2.85 bits per heavy atom. The minimum absolute atomic E-state index is 0.504. The van der Waals surface area contributed by atoms with Crippen molar-refractivity contribution in [3.8, 4) is 0 Å². The molecule has 1 N–H and O–H groups in total. The van der Waals surface area contributed by atoms with Crippen LogP contribution < -0.4 is 5.32 Å². The molecule has 4 nitrogen and oxygen atoms in total. The molecule has 1 saturated heterocycles. The second kappa shape index (κ2) is 5.86. The molecule has 112 valence electrons. The highest BCUT2D eigenvalue weighted by Gasteiger charge is 2.34. The minimum atomic E-state index is 0.504. The molecular formula is C16H28N4. The number of hydrogen-bond acceptors (Lipinski definition) is 3. The van der Waals surface area contributed by atoms with Gasteiger partial charge in [-0.05, 0) is 44.2 Å². The fourth-order valence-electron chi connectivity index (χ4n) is 3.39. The topological polar surface area (TPSA) is 33.1 Å². The molecule has 0 amide bonds. The van der Waals surface area contributed by atoms with Gasteiger partial charge in [0.05, 0.1) is 5.69 Å². The lowest BCUT2D eigenvalue weighted by Gasteiger charge is -2.15. The Morgan fingerprint density at radius 2 is 2.15 bits per heavy atom. The molecule has 2 aliphatic rings. The van der Waals surface area contributed by atoms with E-state index < -0.39 is 0 Å². The monoisotopic (exact) mass is 276 g/mol. The van der Waals surface area contributed by atoms with E-state index in [1.54, 1.807) is 0 Å². The van der Waals surface area contributed by atoms with E-state index in [9.17, 15) is 0 Å². The molecule has 3 rings (SSSR count). The van der Waals surface area contributed by atoms with Crippen molar-refractivity contribution >= 4 is 0 Å². The molecular weight excluding hydrogens is 248 g/mol. The first kappa shape index (κ1) is 14.1. The summed E-state index contributed by atoms with van der Waals surface area (Å²) < 4.78 is 1.94. The van der Waals surface area contributed by atoms with Crippen LogP contribution in [0.2, 0.25) is 0 Å². The average molecular weight is 276 g/mol. The Morgan fingerprint density at radius 1 is 1.35 bits per heavy atom. The molecule has 0 aromatic carbocycles. The van der Waals surface area contributed by atoms with Crippen LogP contribution in [-0.4, -0.2) is 40.4 Å². The van der Waals surface area contributed by atoms with Crippen molar-refractivity contribution in [2.75, 3.05) is 19.6 Å². The molecule has 2 fully saturated rings. The van der Waals surface area contributed by atoms with Crippen LogP contribution in [0.25, 0.3) is 0 Å². The van der Waals surface area contributed by atoms with Crippen molar-refractivity contribution in [3.05, 3.63) is 17.5 Å². The maximum atomic E-state index is 4.57. The molecule has 1 aromatic rings. The summed E-state index contributed by atoms with van der Waals surface area (Å²) in [6.45, 7) is 9.17. The summed E-state index contributed by atoms with van der Waals surface area (Å²) in [7, 11) is 2.01. The quantitative estimate of drug-likeness (QED) is 0.864. The Bertz CT molecular complexity index is 447. The second-order valence-electron chi connectivity index (χ2n) is 6.88. The van der Waals surface area contributed by atoms with Gasteiger partial charge < -0.3 is 10.2 Å². The van der Waals surface area contributed by atoms with Crippen molar-refractivity contribution in [3.63, 3.8) is 0 Å². The Hall–Kier alpha value is -0.870. The number of nitrogens with one attached hydrogen (secondary N) is 1. The maximum absolute atomic E-state index is 4.57. The second-order valence-corrected chi connectivity index (χ2v) is 6.88. The summed E-state index contributed by atoms with van der Waals surface area (Å²) in [5, 5.41) is 8.22. The van der Waals surface area contributed by atoms with E-state index in [4.69, 9.17) is 0 Å². The number of rotatable bonds is 6. The molecule has 20 heavy (non-hydrogen) atoms. The molecule has 0 radical (unpaired) electrons. The highest BCUT2D eigenvalue weighted by molar-refractivity contribution is 5.19. The molecule has 0 spiro atoms. The summed E-state index contributed by atoms with van der Waals surface area (Å²) in [4.78, 5) is 2.69. The molecule has 2 heterocycles. The highest BCUT2D eigenvalue weighted by Crippen LogP contribution is 2.31. The van der Waals surface area contributed by atoms with Gasteiger partial charge in [0, 0.05) is 37.9 Å². The van der Waals surface area contributed by atoms with Gasteiger partial charge in [0.15, 0.2) is 0 Å². The van der Waals surface area contributed by atoms with Gasteiger partial charge in [-0.3, -0.25) is 4.68 Å². The van der Waals surface area contributed by atoms with E-state index in [1.165, 1.54) is 43.6 Å². The normalized spacial score (nSPS) is 23.9. The maximum Gasteiger partial charge on any atom is 0.0694 e. The summed E-state index contributed by atoms with van der Waals surface area (Å²) >= 11 is 0. The Balaban J connectivity index is 1.45. The zero-order valence-electron chi connectivity index (χ0n) is 13.1. The molecule has 1 unspecified atom stereocenters. The third-order valence-corrected chi connectivity index (χ3v) is 4.61. The van der Waals surface area contributed by atoms with Crippen LogP contribution in [0, 0.1) is 5.92 Å². The zero-order chi connectivity index (χ0) is 14.1. The van der Waals surface area contributed by atoms with Crippen LogP contribution in [0.5, 0.6) is 0 Å². The smallest absolute Gasteiger partial charge is 0.0694 e. The predicted octanol–water partition coefficient (Wildman–Crippen LogP) is 2.12. The molecule has 4 heteroatoms. The van der Waals surface area contributed by atoms with Crippen molar-refractivity contribution in [1.29, 1.82) is 0 Å². The van der Waals surface area contributed by atoms with E-state index in [0.29, 0.717) is 5.92 Å². The third kappa shape index (κ3) is 3.23. The van der Waals surface area contributed by atoms with Crippen LogP contribution in [0.1, 0.15) is 50.3 Å². The summed E-state index contributed by atoms with van der Waals surface area (Å²) in [5.41, 5.74) is 2.60. The highest BCUT2D eigenvalue weighted by atomic mass is 15.3. The van der Waals surface area contributed by atoms with Crippen molar-refractivity contribution < 1.29 is 0 Å². The summed E-state index contributed by atoms with van der Waals surface area (Å²) in [5.74, 6) is 1.35. The number of aromatic nitrogens is 2. The van der Waals surface area contributed by atoms with Gasteiger partial charge >= 0.3 is 0 Å². The van der Waals surface area contributed by atoms with E-state index in [-0.39, 0.29) is 0 Å². The number of hydrogen-bond donors (Lipinski definition) is 1. The lowest BCUT2D eigenvalue weighted by Crippen LogP contribution is -2.27. The third-order valence-electron chi connectivity index (χ3n) is 4.61. The first-order valence-electron chi connectivity index (χ1n) is 8.10. The standard InChI is InChI=1S/C16H28N4/c1-12(2)16-14(11-19(3)18-16)9-17-8-13-6-7-20(10-13)15-4-5-15/h11-13,15,17H,4-10H2,1-3H3. The molecule has 0 bridgehead atoms. The molecule has 1 saturated carbocycles. The fraction of sp³-hybridized carbons (Fsp3) is 0.812. The summed E-state index contributed by atoms with van der Waals surface area (Å²) in [6, 6.07) is 0.936. The van der Waals surface area contributed by atoms with Gasteiger partial charge in [-0.15, -0.1) is 0 Å². The summed E-state index contributed by atoms with van der Waals surface area (Å²) in [6.07, 6.45) is 6.40. The number of aryl methyl sites for hydroxylation is 1. The van der Waals surface area contributed by atoms with Gasteiger partial charge in [0.25, 0.3) is 0 Å². The van der Waals surface area contributed by atoms with E-state index in [2.05, 4.69) is 35.4 Å². The van der Waals surface area contributed by atoms with Crippen LogP contribution >= 0.6 is 0 Å². The van der Waals surface area contributed by atoms with Crippen LogP contribution in [0.15, 0.2) is 6.20 Å². The van der Waals surface area contributed by atoms with Crippen molar-refractivity contribution in [2.45, 2.75) is 51.6 Å². The largest absolute Gasteiger partial charge is 0.312 e. The van der Waals surface area contributed by atoms with E-state index in [1.807, 2.05) is 11.7 Å².